The molecule has 1 spiro atoms. The van der Waals surface area contributed by atoms with E-state index in [0.29, 0.717) is 6.54 Å². The van der Waals surface area contributed by atoms with Crippen molar-refractivity contribution < 1.29 is 14.8 Å². The highest BCUT2D eigenvalue weighted by molar-refractivity contribution is 5.66. The summed E-state index contributed by atoms with van der Waals surface area (Å²) in [7, 11) is 0. The van der Waals surface area contributed by atoms with E-state index in [-0.39, 0.29) is 11.8 Å². The monoisotopic (exact) mass is 347 g/mol. The smallest absolute Gasteiger partial charge is 0.309 e. The average molecular weight is 347 g/mol. The van der Waals surface area contributed by atoms with E-state index in [1.54, 1.807) is 6.20 Å². The molecule has 0 bridgehead atoms. The summed E-state index contributed by atoms with van der Waals surface area (Å²) in [4.78, 5) is 16.6. The Balaban J connectivity index is 1.58. The summed E-state index contributed by atoms with van der Waals surface area (Å²) in [5, 5.41) is 8.96. The van der Waals surface area contributed by atoms with Crippen LogP contribution < -0.4 is 4.90 Å². The number of fused-ring (bicyclic) bond motifs is 2. The molecule has 2 N–H and O–H groups in total. The number of carbonyl (C=O) groups is 1. The first-order valence-corrected chi connectivity index (χ1v) is 9.18. The van der Waals surface area contributed by atoms with Crippen molar-refractivity contribution in [3.8, 4) is 11.8 Å². The van der Waals surface area contributed by atoms with E-state index < -0.39 is 5.97 Å². The second-order valence-electron chi connectivity index (χ2n) is 7.57. The molecule has 1 saturated carbocycles. The number of aromatic nitrogens is 1. The molecule has 0 radical (unpaired) electrons. The van der Waals surface area contributed by atoms with Crippen molar-refractivity contribution in [1.82, 2.24) is 4.98 Å². The van der Waals surface area contributed by atoms with Gasteiger partial charge in [-0.25, -0.2) is 4.98 Å². The number of aryl methyl sites for hydroxylation is 1. The Hall–Kier alpha value is -2.64. The Morgan fingerprint density at radius 2 is 2.15 bits per heavy atom. The summed E-state index contributed by atoms with van der Waals surface area (Å²) in [6.45, 7) is 4.69. The molecule has 0 saturated heterocycles. The molecule has 132 valence electrons. The zero-order valence-electron chi connectivity index (χ0n) is 15.0. The van der Waals surface area contributed by atoms with Crippen molar-refractivity contribution in [2.45, 2.75) is 38.1 Å². The van der Waals surface area contributed by atoms with Crippen molar-refractivity contribution in [1.29, 1.82) is 0 Å². The van der Waals surface area contributed by atoms with Gasteiger partial charge in [0.25, 0.3) is 0 Å². The molecule has 2 heterocycles. The Bertz CT molecular complexity index is 919. The molecule has 1 atom stereocenters. The normalized spacial score (nSPS) is 19.3. The molecule has 2 aromatic rings. The molecule has 1 aliphatic heterocycles. The van der Waals surface area contributed by atoms with E-state index in [4.69, 9.17) is 5.11 Å². The summed E-state index contributed by atoms with van der Waals surface area (Å²) >= 11 is 0. The number of rotatable bonds is 3. The van der Waals surface area contributed by atoms with Crippen LogP contribution in [0.15, 0.2) is 36.5 Å². The minimum Gasteiger partial charge on any atom is -0.481 e. The fourth-order valence-corrected chi connectivity index (χ4v) is 4.01. The summed E-state index contributed by atoms with van der Waals surface area (Å²) in [6, 6.07) is 10.5. The number of nitrogens with one attached hydrogen (secondary N) is 1. The highest BCUT2D eigenvalue weighted by atomic mass is 16.4. The van der Waals surface area contributed by atoms with E-state index in [0.717, 1.165) is 29.9 Å². The molecular weight excluding hydrogens is 324 g/mol. The number of nitrogens with zero attached hydrogens (tertiary/aromatic N) is 1. The molecule has 4 nitrogen and oxygen atoms in total. The standard InChI is InChI=1S/C22H22N2O2/c1-16-3-2-11-23-20(16)7-5-17-4-6-18-14-24(12-8-21(25)26)15-22(9-10-22)19(18)13-17/h2-4,6,11,13H,8-10,12,14-15H2,1H3,(H,25,26)/p+1. The zero-order chi connectivity index (χ0) is 18.1. The van der Waals surface area contributed by atoms with Crippen LogP contribution >= 0.6 is 0 Å². The van der Waals surface area contributed by atoms with Crippen LogP contribution in [-0.2, 0) is 16.8 Å². The van der Waals surface area contributed by atoms with Gasteiger partial charge in [0.2, 0.25) is 0 Å². The molecule has 1 fully saturated rings. The molecule has 4 rings (SSSR count). The van der Waals surface area contributed by atoms with Gasteiger partial charge in [0.15, 0.2) is 0 Å². The maximum atomic E-state index is 10.9. The third-order valence-corrected chi connectivity index (χ3v) is 5.59. The lowest BCUT2D eigenvalue weighted by Crippen LogP contribution is -3.12. The lowest BCUT2D eigenvalue weighted by molar-refractivity contribution is -0.918. The number of hydrogen-bond acceptors (Lipinski definition) is 2. The van der Waals surface area contributed by atoms with Crippen molar-refractivity contribution in [3.05, 3.63) is 64.5 Å². The van der Waals surface area contributed by atoms with Crippen LogP contribution in [0, 0.1) is 18.8 Å². The van der Waals surface area contributed by atoms with Gasteiger partial charge in [-0.15, -0.1) is 0 Å². The largest absolute Gasteiger partial charge is 0.481 e. The number of carboxylic acid groups (broad SMARTS) is 1. The molecule has 0 amide bonds. The first kappa shape index (κ1) is 16.8. The molecular formula is C22H23N2O2+. The van der Waals surface area contributed by atoms with Gasteiger partial charge in [-0.05, 0) is 55.0 Å². The van der Waals surface area contributed by atoms with Crippen molar-refractivity contribution in [2.24, 2.45) is 0 Å². The molecule has 1 unspecified atom stereocenters. The summed E-state index contributed by atoms with van der Waals surface area (Å²) in [5.41, 5.74) is 5.99. The lowest BCUT2D eigenvalue weighted by Gasteiger charge is -2.32. The van der Waals surface area contributed by atoms with E-state index in [1.807, 2.05) is 19.1 Å². The fraction of sp³-hybridized carbons (Fsp3) is 0.364. The third kappa shape index (κ3) is 3.36. The van der Waals surface area contributed by atoms with Gasteiger partial charge in [-0.3, -0.25) is 4.79 Å². The number of quaternary nitrogens is 1. The van der Waals surface area contributed by atoms with E-state index in [9.17, 15) is 4.79 Å². The number of pyridine rings is 1. The fourth-order valence-electron chi connectivity index (χ4n) is 4.01. The van der Waals surface area contributed by atoms with Gasteiger partial charge >= 0.3 is 5.97 Å². The number of benzene rings is 1. The van der Waals surface area contributed by atoms with Crippen molar-refractivity contribution in [3.63, 3.8) is 0 Å². The summed E-state index contributed by atoms with van der Waals surface area (Å²) < 4.78 is 0. The Labute approximate surface area is 153 Å². The number of carboxylic acids is 1. The van der Waals surface area contributed by atoms with Gasteiger partial charge in [-0.1, -0.05) is 18.1 Å². The zero-order valence-corrected chi connectivity index (χ0v) is 15.0. The van der Waals surface area contributed by atoms with Gasteiger partial charge in [0.05, 0.1) is 19.5 Å². The van der Waals surface area contributed by atoms with Gasteiger partial charge < -0.3 is 10.0 Å². The molecule has 26 heavy (non-hydrogen) atoms. The van der Waals surface area contributed by atoms with Crippen LogP contribution in [0.1, 0.15) is 47.2 Å². The molecule has 1 aromatic carbocycles. The quantitative estimate of drug-likeness (QED) is 0.831. The Morgan fingerprint density at radius 1 is 1.31 bits per heavy atom. The maximum absolute atomic E-state index is 10.9. The minimum atomic E-state index is -0.705. The SMILES string of the molecule is Cc1cccnc1C#Cc1ccc2c(c1)C1(CC1)C[NH+](CCC(=O)O)C2. The van der Waals surface area contributed by atoms with Crippen LogP contribution in [-0.4, -0.2) is 29.1 Å². The number of aliphatic carboxylic acids is 1. The Kier molecular flexibility index (Phi) is 4.26. The van der Waals surface area contributed by atoms with Gasteiger partial charge in [0.1, 0.15) is 12.2 Å². The second-order valence-corrected chi connectivity index (χ2v) is 7.57. The third-order valence-electron chi connectivity index (χ3n) is 5.59. The van der Waals surface area contributed by atoms with Crippen LogP contribution in [0.3, 0.4) is 0 Å². The molecule has 4 heteroatoms. The summed E-state index contributed by atoms with van der Waals surface area (Å²) in [6.07, 6.45) is 4.42. The van der Waals surface area contributed by atoms with Crippen molar-refractivity contribution >= 4 is 5.97 Å². The van der Waals surface area contributed by atoms with E-state index in [1.165, 1.54) is 28.9 Å². The Morgan fingerprint density at radius 3 is 2.88 bits per heavy atom. The van der Waals surface area contributed by atoms with E-state index in [2.05, 4.69) is 35.0 Å². The predicted molar refractivity (Wildman–Crippen MR) is 99.0 cm³/mol. The van der Waals surface area contributed by atoms with Crippen LogP contribution in [0.25, 0.3) is 0 Å². The highest BCUT2D eigenvalue weighted by Crippen LogP contribution is 2.49. The molecule has 1 aromatic heterocycles. The van der Waals surface area contributed by atoms with Crippen molar-refractivity contribution in [2.75, 3.05) is 13.1 Å². The minimum absolute atomic E-state index is 0.244. The predicted octanol–water partition coefficient (Wildman–Crippen LogP) is 1.69. The molecule has 1 aliphatic carbocycles. The maximum Gasteiger partial charge on any atom is 0.309 e. The number of hydrogen-bond donors (Lipinski definition) is 2. The summed E-state index contributed by atoms with van der Waals surface area (Å²) in [5.74, 6) is 5.76. The average Bonchev–Trinajstić information content (AvgIpc) is 3.39. The van der Waals surface area contributed by atoms with Gasteiger partial charge in [-0.2, -0.15) is 0 Å². The first-order chi connectivity index (χ1) is 12.6. The van der Waals surface area contributed by atoms with Gasteiger partial charge in [0, 0.05) is 22.7 Å². The topological polar surface area (TPSA) is 54.6 Å². The molecule has 2 aliphatic rings. The first-order valence-electron chi connectivity index (χ1n) is 9.18. The highest BCUT2D eigenvalue weighted by Gasteiger charge is 2.51. The van der Waals surface area contributed by atoms with Crippen LogP contribution in [0.2, 0.25) is 0 Å². The lowest BCUT2D eigenvalue weighted by atomic mass is 9.85. The van der Waals surface area contributed by atoms with E-state index >= 15 is 0 Å². The second kappa shape index (κ2) is 6.59. The van der Waals surface area contributed by atoms with Crippen LogP contribution in [0.4, 0.5) is 0 Å². The van der Waals surface area contributed by atoms with Crippen LogP contribution in [0.5, 0.6) is 0 Å².